The molecular formula is C32H36ClNO6S. The molecule has 3 aromatic rings. The Bertz CT molecular complexity index is 1520. The van der Waals surface area contributed by atoms with Crippen LogP contribution in [0.25, 0.3) is 0 Å². The molecule has 1 saturated heterocycles. The molecule has 0 spiro atoms. The van der Waals surface area contributed by atoms with E-state index in [4.69, 9.17) is 21.1 Å². The van der Waals surface area contributed by atoms with Crippen molar-refractivity contribution in [2.24, 2.45) is 5.92 Å². The third-order valence-electron chi connectivity index (χ3n) is 8.22. The summed E-state index contributed by atoms with van der Waals surface area (Å²) < 4.78 is 35.5. The first-order valence-corrected chi connectivity index (χ1v) is 16.1. The molecule has 2 atom stereocenters. The number of anilines is 1. The molecule has 0 radical (unpaired) electrons. The van der Waals surface area contributed by atoms with Crippen LogP contribution in [0.3, 0.4) is 0 Å². The van der Waals surface area contributed by atoms with Crippen molar-refractivity contribution in [1.29, 1.82) is 0 Å². The maximum atomic E-state index is 13.8. The van der Waals surface area contributed by atoms with Crippen molar-refractivity contribution in [3.8, 4) is 11.5 Å². The summed E-state index contributed by atoms with van der Waals surface area (Å²) in [5.74, 6) is 1.12. The van der Waals surface area contributed by atoms with Crippen molar-refractivity contribution in [2.45, 2.75) is 57.8 Å². The Kier molecular flexibility index (Phi) is 8.12. The Morgan fingerprint density at radius 2 is 1.63 bits per heavy atom. The van der Waals surface area contributed by atoms with Crippen molar-refractivity contribution in [3.05, 3.63) is 87.9 Å². The first kappa shape index (κ1) is 29.4. The molecule has 9 heteroatoms. The largest absolute Gasteiger partial charge is 0.493 e. The number of halogens is 1. The smallest absolute Gasteiger partial charge is 0.232 e. The van der Waals surface area contributed by atoms with Gasteiger partial charge in [-0.05, 0) is 98.2 Å². The number of aliphatic hydroxyl groups is 1. The summed E-state index contributed by atoms with van der Waals surface area (Å²) in [5.41, 5.74) is 2.88. The molecule has 0 saturated carbocycles. The minimum Gasteiger partial charge on any atom is -0.493 e. The summed E-state index contributed by atoms with van der Waals surface area (Å²) in [7, 11) is -1.45. The van der Waals surface area contributed by atoms with Crippen LogP contribution in [-0.4, -0.2) is 44.2 Å². The Balaban J connectivity index is 1.55. The van der Waals surface area contributed by atoms with Gasteiger partial charge >= 0.3 is 0 Å². The van der Waals surface area contributed by atoms with Crippen molar-refractivity contribution in [2.75, 3.05) is 23.5 Å². The first-order valence-electron chi connectivity index (χ1n) is 13.9. The Morgan fingerprint density at radius 1 is 1.00 bits per heavy atom. The number of sulfone groups is 1. The number of amides is 1. The molecule has 218 valence electrons. The molecule has 1 fully saturated rings. The quantitative estimate of drug-likeness (QED) is 0.367. The van der Waals surface area contributed by atoms with Crippen LogP contribution >= 0.6 is 11.6 Å². The molecule has 0 aliphatic carbocycles. The molecule has 0 bridgehead atoms. The van der Waals surface area contributed by atoms with Crippen LogP contribution < -0.4 is 14.4 Å². The number of hydrogen-bond donors (Lipinski definition) is 1. The highest BCUT2D eigenvalue weighted by molar-refractivity contribution is 7.91. The molecule has 5 rings (SSSR count). The standard InChI is InChI=1S/C32H36ClNO6S/c1-20(2)40-29-19-27-22(17-28(29)39-4)18-30(35)34(31(27)21-5-9-25(33)10-6-21)26-11-7-23(8-12-26)32(3,36)24-13-15-41(37,38)16-14-24/h5-12,17,19-20,24,31,36H,13-16,18H2,1-4H3. The van der Waals surface area contributed by atoms with Gasteiger partial charge in [0.15, 0.2) is 11.5 Å². The molecular weight excluding hydrogens is 562 g/mol. The van der Waals surface area contributed by atoms with Crippen molar-refractivity contribution < 1.29 is 27.8 Å². The van der Waals surface area contributed by atoms with Gasteiger partial charge in [-0.25, -0.2) is 8.42 Å². The number of rotatable bonds is 7. The molecule has 0 aromatic heterocycles. The number of nitrogens with zero attached hydrogens (tertiary/aromatic N) is 1. The zero-order chi connectivity index (χ0) is 29.5. The Hall–Kier alpha value is -3.07. The normalized spacial score (nSPS) is 20.4. The van der Waals surface area contributed by atoms with Gasteiger partial charge in [0.2, 0.25) is 5.91 Å². The third-order valence-corrected chi connectivity index (χ3v) is 10.2. The molecule has 7 nitrogen and oxygen atoms in total. The van der Waals surface area contributed by atoms with E-state index in [1.54, 1.807) is 18.9 Å². The van der Waals surface area contributed by atoms with Crippen LogP contribution in [0.5, 0.6) is 11.5 Å². The summed E-state index contributed by atoms with van der Waals surface area (Å²) in [6.45, 7) is 5.65. The molecule has 2 aliphatic rings. The second-order valence-corrected chi connectivity index (χ2v) is 14.1. The molecule has 2 aliphatic heterocycles. The highest BCUT2D eigenvalue weighted by atomic mass is 35.5. The number of carbonyl (C=O) groups is 1. The van der Waals surface area contributed by atoms with Gasteiger partial charge in [-0.2, -0.15) is 0 Å². The zero-order valence-electron chi connectivity index (χ0n) is 23.8. The second kappa shape index (κ2) is 11.3. The van der Waals surface area contributed by atoms with E-state index in [2.05, 4.69) is 0 Å². The number of carbonyl (C=O) groups excluding carboxylic acids is 1. The van der Waals surface area contributed by atoms with Crippen LogP contribution in [0.1, 0.15) is 61.9 Å². The predicted molar refractivity (Wildman–Crippen MR) is 161 cm³/mol. The second-order valence-electron chi connectivity index (χ2n) is 11.4. The fourth-order valence-electron chi connectivity index (χ4n) is 5.98. The fraction of sp³-hybridized carbons (Fsp3) is 0.406. The molecule has 1 amide bonds. The molecule has 2 heterocycles. The van der Waals surface area contributed by atoms with E-state index in [0.29, 0.717) is 40.6 Å². The maximum Gasteiger partial charge on any atom is 0.232 e. The summed E-state index contributed by atoms with van der Waals surface area (Å²) in [6, 6.07) is 18.2. The van der Waals surface area contributed by atoms with Crippen LogP contribution in [0.15, 0.2) is 60.7 Å². The van der Waals surface area contributed by atoms with E-state index in [1.165, 1.54) is 0 Å². The summed E-state index contributed by atoms with van der Waals surface area (Å²) in [4.78, 5) is 15.6. The molecule has 41 heavy (non-hydrogen) atoms. The zero-order valence-corrected chi connectivity index (χ0v) is 25.3. The van der Waals surface area contributed by atoms with E-state index >= 15 is 0 Å². The van der Waals surface area contributed by atoms with Gasteiger partial charge in [0, 0.05) is 10.7 Å². The average molecular weight is 598 g/mol. The minimum absolute atomic E-state index is 0.0677. The van der Waals surface area contributed by atoms with Crippen molar-refractivity contribution in [1.82, 2.24) is 0 Å². The maximum absolute atomic E-state index is 13.8. The first-order chi connectivity index (χ1) is 19.4. The van der Waals surface area contributed by atoms with E-state index in [9.17, 15) is 18.3 Å². The number of ether oxygens (including phenoxy) is 2. The fourth-order valence-corrected chi connectivity index (χ4v) is 7.59. The van der Waals surface area contributed by atoms with Crippen molar-refractivity contribution >= 4 is 33.0 Å². The summed E-state index contributed by atoms with van der Waals surface area (Å²) in [5, 5.41) is 12.1. The molecule has 1 N–H and O–H groups in total. The van der Waals surface area contributed by atoms with Crippen LogP contribution in [0, 0.1) is 5.92 Å². The van der Waals surface area contributed by atoms with E-state index in [-0.39, 0.29) is 35.9 Å². The number of benzene rings is 3. The molecule has 2 unspecified atom stereocenters. The average Bonchev–Trinajstić information content (AvgIpc) is 2.92. The van der Waals surface area contributed by atoms with Gasteiger partial charge in [0.05, 0.1) is 42.8 Å². The topological polar surface area (TPSA) is 93.1 Å². The highest BCUT2D eigenvalue weighted by Crippen LogP contribution is 2.44. The van der Waals surface area contributed by atoms with Gasteiger partial charge in [0.1, 0.15) is 9.84 Å². The van der Waals surface area contributed by atoms with Gasteiger partial charge in [-0.3, -0.25) is 4.79 Å². The lowest BCUT2D eigenvalue weighted by Crippen LogP contribution is -2.41. The highest BCUT2D eigenvalue weighted by Gasteiger charge is 2.39. The Labute approximate surface area is 247 Å². The van der Waals surface area contributed by atoms with E-state index < -0.39 is 21.5 Å². The van der Waals surface area contributed by atoms with Crippen LogP contribution in [-0.2, 0) is 26.7 Å². The van der Waals surface area contributed by atoms with Crippen LogP contribution in [0.2, 0.25) is 5.02 Å². The number of fused-ring (bicyclic) bond motifs is 1. The van der Waals surface area contributed by atoms with Gasteiger partial charge in [-0.1, -0.05) is 35.9 Å². The Morgan fingerprint density at radius 3 is 2.22 bits per heavy atom. The third kappa shape index (κ3) is 5.96. The lowest BCUT2D eigenvalue weighted by atomic mass is 9.79. The SMILES string of the molecule is COc1cc2c(cc1OC(C)C)C(c1ccc(Cl)cc1)N(c1ccc(C(C)(O)C3CCS(=O)(=O)CC3)cc1)C(=O)C2. The number of methoxy groups -OCH3 is 1. The number of hydrogen-bond acceptors (Lipinski definition) is 6. The summed E-state index contributed by atoms with van der Waals surface area (Å²) in [6.07, 6.45) is 0.957. The van der Waals surface area contributed by atoms with E-state index in [1.807, 2.05) is 74.5 Å². The summed E-state index contributed by atoms with van der Waals surface area (Å²) >= 11 is 6.22. The van der Waals surface area contributed by atoms with E-state index in [0.717, 1.165) is 16.7 Å². The van der Waals surface area contributed by atoms with Gasteiger partial charge in [-0.15, -0.1) is 0 Å². The van der Waals surface area contributed by atoms with Crippen LogP contribution in [0.4, 0.5) is 5.69 Å². The predicted octanol–water partition coefficient (Wildman–Crippen LogP) is 5.85. The minimum atomic E-state index is -3.04. The lowest BCUT2D eigenvalue weighted by molar-refractivity contribution is -0.118. The van der Waals surface area contributed by atoms with Gasteiger partial charge < -0.3 is 19.5 Å². The molecule has 3 aromatic carbocycles. The van der Waals surface area contributed by atoms with Crippen molar-refractivity contribution in [3.63, 3.8) is 0 Å². The lowest BCUT2D eigenvalue weighted by Gasteiger charge is -2.39. The van der Waals surface area contributed by atoms with Gasteiger partial charge in [0.25, 0.3) is 0 Å². The monoisotopic (exact) mass is 597 g/mol.